The number of halogens is 3. The fraction of sp³-hybridized carbons (Fsp3) is 0.176. The van der Waals surface area contributed by atoms with Crippen molar-refractivity contribution in [1.82, 2.24) is 9.78 Å². The van der Waals surface area contributed by atoms with E-state index in [0.29, 0.717) is 26.2 Å². The summed E-state index contributed by atoms with van der Waals surface area (Å²) in [4.78, 5) is 11.8. The summed E-state index contributed by atoms with van der Waals surface area (Å²) in [6.07, 6.45) is 0. The number of rotatable bonds is 3. The maximum atomic E-state index is 14.4. The highest BCUT2D eigenvalue weighted by Crippen LogP contribution is 2.28. The lowest BCUT2D eigenvalue weighted by Gasteiger charge is -2.10. The van der Waals surface area contributed by atoms with Gasteiger partial charge in [-0.25, -0.2) is 9.18 Å². The second-order valence-electron chi connectivity index (χ2n) is 5.33. The molecule has 24 heavy (non-hydrogen) atoms. The quantitative estimate of drug-likeness (QED) is 0.426. The van der Waals surface area contributed by atoms with Gasteiger partial charge in [-0.05, 0) is 58.8 Å². The van der Waals surface area contributed by atoms with Gasteiger partial charge in [0.2, 0.25) is 0 Å². The van der Waals surface area contributed by atoms with Crippen molar-refractivity contribution in [1.29, 1.82) is 0 Å². The van der Waals surface area contributed by atoms with Crippen molar-refractivity contribution >= 4 is 51.1 Å². The molecule has 124 valence electrons. The molecular weight excluding hydrogens is 446 g/mol. The first-order chi connectivity index (χ1) is 11.4. The van der Waals surface area contributed by atoms with Crippen molar-refractivity contribution in [2.75, 3.05) is 7.11 Å². The van der Waals surface area contributed by atoms with E-state index in [1.54, 1.807) is 16.8 Å². The first kappa shape index (κ1) is 17.2. The maximum absolute atomic E-state index is 14.4. The molecule has 0 saturated carbocycles. The number of hydrogen-bond donors (Lipinski definition) is 0. The molecule has 0 unspecified atom stereocenters. The third-order valence-electron chi connectivity index (χ3n) is 3.84. The van der Waals surface area contributed by atoms with Crippen LogP contribution in [0.1, 0.15) is 21.5 Å². The van der Waals surface area contributed by atoms with Crippen molar-refractivity contribution in [2.24, 2.45) is 0 Å². The largest absolute Gasteiger partial charge is 0.465 e. The lowest BCUT2D eigenvalue weighted by Crippen LogP contribution is -2.06. The SMILES string of the molecule is COC(=O)c1cc(F)c2c(I)nn(Cc3c(C)cccc3Cl)c2c1. The van der Waals surface area contributed by atoms with Crippen molar-refractivity contribution in [3.63, 3.8) is 0 Å². The van der Waals surface area contributed by atoms with Crippen molar-refractivity contribution < 1.29 is 13.9 Å². The van der Waals surface area contributed by atoms with Gasteiger partial charge in [-0.1, -0.05) is 23.7 Å². The van der Waals surface area contributed by atoms with E-state index in [-0.39, 0.29) is 5.56 Å². The minimum absolute atomic E-state index is 0.149. The number of nitrogens with zero attached hydrogens (tertiary/aromatic N) is 2. The molecular formula is C17H13ClFIN2O2. The number of aromatic nitrogens is 2. The van der Waals surface area contributed by atoms with Crippen molar-refractivity contribution in [3.8, 4) is 0 Å². The third kappa shape index (κ3) is 3.00. The Kier molecular flexibility index (Phi) is 4.78. The van der Waals surface area contributed by atoms with Gasteiger partial charge in [0.1, 0.15) is 9.52 Å². The highest BCUT2D eigenvalue weighted by Gasteiger charge is 2.18. The van der Waals surface area contributed by atoms with E-state index in [1.165, 1.54) is 13.2 Å². The maximum Gasteiger partial charge on any atom is 0.338 e. The molecule has 0 atom stereocenters. The minimum Gasteiger partial charge on any atom is -0.465 e. The number of hydrogen-bond acceptors (Lipinski definition) is 3. The third-order valence-corrected chi connectivity index (χ3v) is 4.95. The van der Waals surface area contributed by atoms with Crippen LogP contribution in [0.4, 0.5) is 4.39 Å². The number of esters is 1. The number of fused-ring (bicyclic) bond motifs is 1. The zero-order valence-electron chi connectivity index (χ0n) is 12.9. The highest BCUT2D eigenvalue weighted by atomic mass is 127. The van der Waals surface area contributed by atoms with Crippen LogP contribution in [0.15, 0.2) is 30.3 Å². The average molecular weight is 459 g/mol. The fourth-order valence-electron chi connectivity index (χ4n) is 2.58. The van der Waals surface area contributed by atoms with E-state index in [1.807, 2.05) is 41.6 Å². The van der Waals surface area contributed by atoms with Crippen LogP contribution in [0.2, 0.25) is 5.02 Å². The van der Waals surface area contributed by atoms with E-state index in [0.717, 1.165) is 11.1 Å². The molecule has 0 bridgehead atoms. The molecule has 1 heterocycles. The van der Waals surface area contributed by atoms with Crippen LogP contribution in [0.25, 0.3) is 10.9 Å². The van der Waals surface area contributed by atoms with E-state index in [4.69, 9.17) is 11.6 Å². The molecule has 0 saturated heterocycles. The van der Waals surface area contributed by atoms with E-state index >= 15 is 0 Å². The summed E-state index contributed by atoms with van der Waals surface area (Å²) in [5.74, 6) is -1.09. The normalized spacial score (nSPS) is 11.0. The second-order valence-corrected chi connectivity index (χ2v) is 6.76. The predicted octanol–water partition coefficient (Wildman–Crippen LogP) is 4.58. The zero-order valence-corrected chi connectivity index (χ0v) is 15.9. The second kappa shape index (κ2) is 6.68. The van der Waals surface area contributed by atoms with Gasteiger partial charge in [-0.2, -0.15) is 5.10 Å². The molecule has 0 spiro atoms. The summed E-state index contributed by atoms with van der Waals surface area (Å²) >= 11 is 8.26. The zero-order chi connectivity index (χ0) is 17.4. The molecule has 2 aromatic carbocycles. The smallest absolute Gasteiger partial charge is 0.338 e. The lowest BCUT2D eigenvalue weighted by molar-refractivity contribution is 0.0600. The fourth-order valence-corrected chi connectivity index (χ4v) is 3.66. The van der Waals surface area contributed by atoms with Crippen LogP contribution in [-0.2, 0) is 11.3 Å². The molecule has 0 N–H and O–H groups in total. The summed E-state index contributed by atoms with van der Waals surface area (Å²) in [6.45, 7) is 2.34. The predicted molar refractivity (Wildman–Crippen MR) is 99.0 cm³/mol. The standard InChI is InChI=1S/C17H13ClFIN2O2/c1-9-4-3-5-12(18)11(9)8-22-14-7-10(17(23)24-2)6-13(19)15(14)16(20)21-22/h3-7H,8H2,1-2H3. The molecule has 4 nitrogen and oxygen atoms in total. The van der Waals surface area contributed by atoms with Crippen LogP contribution >= 0.6 is 34.2 Å². The van der Waals surface area contributed by atoms with Crippen LogP contribution in [-0.4, -0.2) is 22.9 Å². The van der Waals surface area contributed by atoms with Gasteiger partial charge >= 0.3 is 5.97 Å². The van der Waals surface area contributed by atoms with E-state index in [2.05, 4.69) is 9.84 Å². The van der Waals surface area contributed by atoms with Gasteiger partial charge in [-0.15, -0.1) is 0 Å². The van der Waals surface area contributed by atoms with Crippen LogP contribution in [0.3, 0.4) is 0 Å². The monoisotopic (exact) mass is 458 g/mol. The first-order valence-corrected chi connectivity index (χ1v) is 8.56. The average Bonchev–Trinajstić information content (AvgIpc) is 2.86. The Morgan fingerprint density at radius 2 is 2.17 bits per heavy atom. The number of carbonyl (C=O) groups excluding carboxylic acids is 1. The van der Waals surface area contributed by atoms with Gasteiger partial charge in [0, 0.05) is 5.02 Å². The van der Waals surface area contributed by atoms with Gasteiger partial charge in [0.15, 0.2) is 0 Å². The number of aryl methyl sites for hydroxylation is 1. The number of ether oxygens (including phenoxy) is 1. The van der Waals surface area contributed by atoms with E-state index < -0.39 is 11.8 Å². The first-order valence-electron chi connectivity index (χ1n) is 7.10. The van der Waals surface area contributed by atoms with Gasteiger partial charge in [0.25, 0.3) is 0 Å². The van der Waals surface area contributed by atoms with Crippen molar-refractivity contribution in [2.45, 2.75) is 13.5 Å². The Bertz CT molecular complexity index is 935. The highest BCUT2D eigenvalue weighted by molar-refractivity contribution is 14.1. The van der Waals surface area contributed by atoms with Gasteiger partial charge < -0.3 is 4.74 Å². The summed E-state index contributed by atoms with van der Waals surface area (Å²) in [6, 6.07) is 8.40. The molecule has 0 aliphatic carbocycles. The van der Waals surface area contributed by atoms with Crippen LogP contribution < -0.4 is 0 Å². The molecule has 3 aromatic rings. The molecule has 0 radical (unpaired) electrons. The lowest BCUT2D eigenvalue weighted by atomic mass is 10.1. The summed E-state index contributed by atoms with van der Waals surface area (Å²) in [5.41, 5.74) is 2.60. The Morgan fingerprint density at radius 3 is 2.83 bits per heavy atom. The van der Waals surface area contributed by atoms with Gasteiger partial charge in [-0.3, -0.25) is 4.68 Å². The Hall–Kier alpha value is -1.67. The molecule has 0 amide bonds. The van der Waals surface area contributed by atoms with E-state index in [9.17, 15) is 9.18 Å². The van der Waals surface area contributed by atoms with Crippen molar-refractivity contribution in [3.05, 3.63) is 61.6 Å². The topological polar surface area (TPSA) is 44.1 Å². The molecule has 3 rings (SSSR count). The molecule has 0 aliphatic heterocycles. The van der Waals surface area contributed by atoms with Crippen LogP contribution in [0.5, 0.6) is 0 Å². The molecule has 0 fully saturated rings. The summed E-state index contributed by atoms with van der Waals surface area (Å²) in [5, 5.41) is 5.41. The number of carbonyl (C=O) groups is 1. The minimum atomic E-state index is -0.590. The molecule has 7 heteroatoms. The van der Waals surface area contributed by atoms with Crippen LogP contribution in [0, 0.1) is 16.4 Å². The molecule has 0 aliphatic rings. The Labute approximate surface area is 156 Å². The summed E-state index contributed by atoms with van der Waals surface area (Å²) < 4.78 is 21.3. The number of methoxy groups -OCH3 is 1. The van der Waals surface area contributed by atoms with Gasteiger partial charge in [0.05, 0.1) is 30.1 Å². The number of benzene rings is 2. The molecule has 1 aromatic heterocycles. The Balaban J connectivity index is 2.18. The summed E-state index contributed by atoms with van der Waals surface area (Å²) in [7, 11) is 1.26. The Morgan fingerprint density at radius 1 is 1.42 bits per heavy atom.